The maximum atomic E-state index is 11.9. The molecule has 3 aromatic rings. The minimum atomic E-state index is -3.03. The van der Waals surface area contributed by atoms with Gasteiger partial charge in [-0.05, 0) is 72.2 Å². The molecule has 0 amide bonds. The normalized spacial score (nSPS) is 13.3. The van der Waals surface area contributed by atoms with Crippen LogP contribution in [-0.4, -0.2) is 16.7 Å². The van der Waals surface area contributed by atoms with Gasteiger partial charge in [0.05, 0.1) is 22.1 Å². The first-order valence-corrected chi connectivity index (χ1v) is 13.5. The molecule has 0 bridgehead atoms. The lowest BCUT2D eigenvalue weighted by Gasteiger charge is -2.35. The topological polar surface area (TPSA) is 87.1 Å². The molecule has 0 saturated heterocycles. The zero-order valence-electron chi connectivity index (χ0n) is 19.0. The average molecular weight is 600 g/mol. The third-order valence-corrected chi connectivity index (χ3v) is 9.49. The molecule has 10 heteroatoms. The molecular formula is C23H25Br2N2O5P. The Morgan fingerprint density at radius 2 is 1.85 bits per heavy atom. The van der Waals surface area contributed by atoms with Crippen molar-refractivity contribution in [3.8, 4) is 11.5 Å². The van der Waals surface area contributed by atoms with E-state index in [1.807, 2.05) is 65.0 Å². The van der Waals surface area contributed by atoms with Crippen molar-refractivity contribution in [1.82, 2.24) is 0 Å². The Morgan fingerprint density at radius 3 is 2.39 bits per heavy atom. The van der Waals surface area contributed by atoms with Crippen LogP contribution in [0.25, 0.3) is 0 Å². The smallest absolute Gasteiger partial charge is 0.298 e. The summed E-state index contributed by atoms with van der Waals surface area (Å²) in [4.78, 5) is 11.5. The standard InChI is InChI=1S/C23H25Br2N2O5P/c1-6-30-17-9-10-19(20(14-17)27(28)29)26-33(23(3,4)5,22-12-7-15(2)31-22)32-21-11-8-16(24)13-18(21)25/h7-14H,6H2,1-5H3. The lowest BCUT2D eigenvalue weighted by atomic mass is 10.2. The predicted molar refractivity (Wildman–Crippen MR) is 139 cm³/mol. The van der Waals surface area contributed by atoms with Gasteiger partial charge in [-0.3, -0.25) is 10.1 Å². The number of halogens is 2. The molecule has 0 N–H and O–H groups in total. The fourth-order valence-corrected chi connectivity index (χ4v) is 7.33. The molecule has 2 aromatic carbocycles. The molecule has 0 aliphatic carbocycles. The van der Waals surface area contributed by atoms with Crippen LogP contribution in [0.4, 0.5) is 11.4 Å². The predicted octanol–water partition coefficient (Wildman–Crippen LogP) is 8.37. The van der Waals surface area contributed by atoms with E-state index in [0.717, 1.165) is 8.95 Å². The Balaban J connectivity index is 2.35. The molecule has 1 heterocycles. The minimum Gasteiger partial charge on any atom is -0.494 e. The van der Waals surface area contributed by atoms with E-state index in [4.69, 9.17) is 18.4 Å². The van der Waals surface area contributed by atoms with Gasteiger partial charge in [0.25, 0.3) is 5.69 Å². The quantitative estimate of drug-likeness (QED) is 0.155. The van der Waals surface area contributed by atoms with Gasteiger partial charge in [-0.15, -0.1) is 0 Å². The lowest BCUT2D eigenvalue weighted by Crippen LogP contribution is -2.26. The molecule has 1 unspecified atom stereocenters. The van der Waals surface area contributed by atoms with Gasteiger partial charge in [0, 0.05) is 9.63 Å². The Hall–Kier alpha value is -2.09. The lowest BCUT2D eigenvalue weighted by molar-refractivity contribution is -0.384. The second-order valence-electron chi connectivity index (χ2n) is 8.24. The third-order valence-electron chi connectivity index (χ3n) is 4.76. The van der Waals surface area contributed by atoms with Crippen LogP contribution in [0.2, 0.25) is 0 Å². The van der Waals surface area contributed by atoms with Crippen LogP contribution in [0, 0.1) is 17.0 Å². The van der Waals surface area contributed by atoms with Gasteiger partial charge >= 0.3 is 0 Å². The Morgan fingerprint density at radius 1 is 1.12 bits per heavy atom. The van der Waals surface area contributed by atoms with Crippen molar-refractivity contribution in [2.75, 3.05) is 6.61 Å². The number of rotatable bonds is 7. The summed E-state index contributed by atoms with van der Waals surface area (Å²) >= 11 is 7.02. The van der Waals surface area contributed by atoms with Gasteiger partial charge < -0.3 is 13.7 Å². The van der Waals surface area contributed by atoms with Crippen LogP contribution in [0.15, 0.2) is 66.6 Å². The van der Waals surface area contributed by atoms with Gasteiger partial charge in [-0.2, -0.15) is 0 Å². The van der Waals surface area contributed by atoms with Crippen LogP contribution in [0.5, 0.6) is 11.5 Å². The first-order chi connectivity index (χ1) is 15.5. The highest BCUT2D eigenvalue weighted by Crippen LogP contribution is 2.63. The summed E-state index contributed by atoms with van der Waals surface area (Å²) in [5.74, 6) is 1.68. The number of hydrogen-bond donors (Lipinski definition) is 0. The number of furan rings is 1. The van der Waals surface area contributed by atoms with Crippen molar-refractivity contribution < 1.29 is 18.6 Å². The summed E-state index contributed by atoms with van der Waals surface area (Å²) in [6.45, 7) is 10.1. The van der Waals surface area contributed by atoms with Crippen LogP contribution in [0.3, 0.4) is 0 Å². The molecular weight excluding hydrogens is 575 g/mol. The second-order valence-corrected chi connectivity index (χ2v) is 13.3. The van der Waals surface area contributed by atoms with Crippen molar-refractivity contribution in [1.29, 1.82) is 0 Å². The van der Waals surface area contributed by atoms with Crippen molar-refractivity contribution in [3.63, 3.8) is 0 Å². The first-order valence-electron chi connectivity index (χ1n) is 10.2. The highest BCUT2D eigenvalue weighted by atomic mass is 79.9. The van der Waals surface area contributed by atoms with E-state index in [-0.39, 0.29) is 11.4 Å². The second kappa shape index (κ2) is 10.0. The molecule has 0 fully saturated rings. The molecule has 0 saturated carbocycles. The number of benzene rings is 2. The molecule has 3 rings (SSSR count). The van der Waals surface area contributed by atoms with E-state index >= 15 is 0 Å². The summed E-state index contributed by atoms with van der Waals surface area (Å²) in [5, 5.41) is 11.4. The number of aryl methyl sites for hydroxylation is 1. The number of nitrogens with zero attached hydrogens (tertiary/aromatic N) is 2. The zero-order valence-corrected chi connectivity index (χ0v) is 23.0. The van der Waals surface area contributed by atoms with E-state index in [1.54, 1.807) is 12.1 Å². The summed E-state index contributed by atoms with van der Waals surface area (Å²) < 4.78 is 24.8. The minimum absolute atomic E-state index is 0.156. The summed E-state index contributed by atoms with van der Waals surface area (Å²) in [6, 6.07) is 13.9. The number of nitro groups is 1. The van der Waals surface area contributed by atoms with Gasteiger partial charge in [0.2, 0.25) is 7.28 Å². The number of ether oxygens (including phenoxy) is 1. The van der Waals surface area contributed by atoms with Crippen molar-refractivity contribution in [3.05, 3.63) is 73.4 Å². The monoisotopic (exact) mass is 598 g/mol. The van der Waals surface area contributed by atoms with E-state index in [1.165, 1.54) is 6.07 Å². The van der Waals surface area contributed by atoms with Gasteiger partial charge in [-0.25, -0.2) is 4.74 Å². The number of hydrogen-bond acceptors (Lipinski definition) is 6. The van der Waals surface area contributed by atoms with Crippen molar-refractivity contribution in [2.24, 2.45) is 4.74 Å². The molecule has 176 valence electrons. The Labute approximate surface area is 210 Å². The van der Waals surface area contributed by atoms with Crippen molar-refractivity contribution in [2.45, 2.75) is 39.8 Å². The van der Waals surface area contributed by atoms with E-state index in [2.05, 4.69) is 31.9 Å². The molecule has 33 heavy (non-hydrogen) atoms. The highest BCUT2D eigenvalue weighted by molar-refractivity contribution is 9.11. The Bertz CT molecular complexity index is 1230. The van der Waals surface area contributed by atoms with Crippen LogP contribution in [-0.2, 0) is 0 Å². The van der Waals surface area contributed by atoms with Crippen LogP contribution < -0.4 is 14.8 Å². The van der Waals surface area contributed by atoms with Gasteiger partial charge in [0.15, 0.2) is 5.50 Å². The summed E-state index contributed by atoms with van der Waals surface area (Å²) in [5.41, 5.74) is 0.593. The summed E-state index contributed by atoms with van der Waals surface area (Å²) in [7, 11) is -3.03. The molecule has 0 radical (unpaired) electrons. The number of nitro benzene ring substituents is 1. The van der Waals surface area contributed by atoms with E-state index < -0.39 is 17.4 Å². The zero-order chi connectivity index (χ0) is 24.4. The molecule has 1 atom stereocenters. The fourth-order valence-electron chi connectivity index (χ4n) is 3.15. The maximum Gasteiger partial charge on any atom is 0.298 e. The molecule has 0 aliphatic rings. The van der Waals surface area contributed by atoms with E-state index in [9.17, 15) is 10.1 Å². The SMILES string of the molecule is CCOc1ccc(N=P(Oc2ccc(Br)cc2Br)(c2ccc(C)o2)C(C)(C)C)c([N+](=O)[O-])c1. The maximum absolute atomic E-state index is 11.9. The van der Waals surface area contributed by atoms with E-state index in [0.29, 0.717) is 29.4 Å². The molecule has 1 aromatic heterocycles. The first kappa shape index (κ1) is 25.5. The molecule has 0 spiro atoms. The molecule has 7 nitrogen and oxygen atoms in total. The average Bonchev–Trinajstić information content (AvgIpc) is 3.16. The highest BCUT2D eigenvalue weighted by Gasteiger charge is 2.42. The van der Waals surface area contributed by atoms with Gasteiger partial charge in [-0.1, -0.05) is 36.7 Å². The van der Waals surface area contributed by atoms with Crippen molar-refractivity contribution >= 4 is 56.0 Å². The molecule has 0 aliphatic heterocycles. The fraction of sp³-hybridized carbons (Fsp3) is 0.304. The third kappa shape index (κ3) is 5.53. The largest absolute Gasteiger partial charge is 0.494 e. The van der Waals surface area contributed by atoms with Crippen LogP contribution >= 0.6 is 39.1 Å². The van der Waals surface area contributed by atoms with Crippen LogP contribution in [0.1, 0.15) is 33.5 Å². The summed E-state index contributed by atoms with van der Waals surface area (Å²) in [6.07, 6.45) is 0. The van der Waals surface area contributed by atoms with Gasteiger partial charge in [0.1, 0.15) is 22.9 Å². The Kier molecular flexibility index (Phi) is 7.76.